The maximum absolute atomic E-state index is 12.2. The second-order valence-corrected chi connectivity index (χ2v) is 4.22. The van der Waals surface area contributed by atoms with Gasteiger partial charge in [0.25, 0.3) is 5.69 Å². The molecule has 0 aliphatic carbocycles. The minimum absolute atomic E-state index is 0.150. The van der Waals surface area contributed by atoms with Crippen LogP contribution in [0.5, 0.6) is 0 Å². The predicted molar refractivity (Wildman–Crippen MR) is 71.7 cm³/mol. The Morgan fingerprint density at radius 3 is 2.24 bits per heavy atom. The molecule has 1 N–H and O–H groups in total. The number of amides is 1. The van der Waals surface area contributed by atoms with Crippen LogP contribution in [-0.2, 0) is 14.3 Å². The van der Waals surface area contributed by atoms with Gasteiger partial charge in [-0.25, -0.2) is 0 Å². The van der Waals surface area contributed by atoms with E-state index in [1.807, 2.05) is 0 Å². The first-order valence-electron chi connectivity index (χ1n) is 6.00. The SMILES string of the molecule is CC(=O)N[C@H](COC(C)=O)C(=O)c1ccc([N+](=O)[O-])cc1. The zero-order valence-corrected chi connectivity index (χ0v) is 11.5. The number of carbonyl (C=O) groups excluding carboxylic acids is 3. The number of ketones is 1. The van der Waals surface area contributed by atoms with Gasteiger partial charge < -0.3 is 10.1 Å². The van der Waals surface area contributed by atoms with Crippen molar-refractivity contribution in [3.05, 3.63) is 39.9 Å². The lowest BCUT2D eigenvalue weighted by atomic mass is 10.0. The molecule has 21 heavy (non-hydrogen) atoms. The van der Waals surface area contributed by atoms with E-state index in [-0.39, 0.29) is 17.9 Å². The summed E-state index contributed by atoms with van der Waals surface area (Å²) < 4.78 is 4.73. The zero-order chi connectivity index (χ0) is 16.0. The number of nitro benzene ring substituents is 1. The van der Waals surface area contributed by atoms with Gasteiger partial charge in [-0.2, -0.15) is 0 Å². The van der Waals surface area contributed by atoms with Crippen LogP contribution in [0.15, 0.2) is 24.3 Å². The van der Waals surface area contributed by atoms with Gasteiger partial charge in [-0.3, -0.25) is 24.5 Å². The first-order valence-corrected chi connectivity index (χ1v) is 6.00. The Morgan fingerprint density at radius 2 is 1.81 bits per heavy atom. The van der Waals surface area contributed by atoms with E-state index < -0.39 is 28.6 Å². The van der Waals surface area contributed by atoms with Gasteiger partial charge in [0.2, 0.25) is 5.91 Å². The lowest BCUT2D eigenvalue weighted by Gasteiger charge is -2.16. The van der Waals surface area contributed by atoms with Crippen LogP contribution in [0.3, 0.4) is 0 Å². The molecule has 1 aromatic rings. The lowest BCUT2D eigenvalue weighted by Crippen LogP contribution is -2.43. The topological polar surface area (TPSA) is 116 Å². The highest BCUT2D eigenvalue weighted by molar-refractivity contribution is 6.02. The van der Waals surface area contributed by atoms with Crippen molar-refractivity contribution in [2.75, 3.05) is 6.61 Å². The molecule has 1 aromatic carbocycles. The van der Waals surface area contributed by atoms with Crippen molar-refractivity contribution in [2.24, 2.45) is 0 Å². The zero-order valence-electron chi connectivity index (χ0n) is 11.5. The third kappa shape index (κ3) is 5.01. The Hall–Kier alpha value is -2.77. The number of nitrogens with one attached hydrogen (secondary N) is 1. The molecule has 0 spiro atoms. The van der Waals surface area contributed by atoms with Crippen LogP contribution >= 0.6 is 0 Å². The van der Waals surface area contributed by atoms with Crippen molar-refractivity contribution in [3.63, 3.8) is 0 Å². The molecule has 0 saturated heterocycles. The standard InChI is InChI=1S/C13H14N2O6/c1-8(16)14-12(7-21-9(2)17)13(18)10-3-5-11(6-4-10)15(19)20/h3-6,12H,7H2,1-2H3,(H,14,16)/t12-/m1/s1. The second-order valence-electron chi connectivity index (χ2n) is 4.22. The molecule has 0 aromatic heterocycles. The van der Waals surface area contributed by atoms with Crippen molar-refractivity contribution in [3.8, 4) is 0 Å². The number of esters is 1. The smallest absolute Gasteiger partial charge is 0.302 e. The fourth-order valence-corrected chi connectivity index (χ4v) is 1.58. The number of hydrogen-bond donors (Lipinski definition) is 1. The van der Waals surface area contributed by atoms with Gasteiger partial charge in [0.15, 0.2) is 5.78 Å². The van der Waals surface area contributed by atoms with Gasteiger partial charge >= 0.3 is 5.97 Å². The van der Waals surface area contributed by atoms with Crippen molar-refractivity contribution >= 4 is 23.3 Å². The van der Waals surface area contributed by atoms with Crippen LogP contribution in [0.2, 0.25) is 0 Å². The van der Waals surface area contributed by atoms with E-state index in [1.54, 1.807) is 0 Å². The van der Waals surface area contributed by atoms with Crippen LogP contribution in [0, 0.1) is 10.1 Å². The summed E-state index contributed by atoms with van der Waals surface area (Å²) >= 11 is 0. The number of carbonyl (C=O) groups is 3. The fourth-order valence-electron chi connectivity index (χ4n) is 1.58. The molecule has 1 rings (SSSR count). The summed E-state index contributed by atoms with van der Waals surface area (Å²) in [6.45, 7) is 2.11. The Balaban J connectivity index is 2.89. The van der Waals surface area contributed by atoms with Crippen LogP contribution in [0.4, 0.5) is 5.69 Å². The number of ether oxygens (including phenoxy) is 1. The molecule has 8 heteroatoms. The van der Waals surface area contributed by atoms with Crippen LogP contribution in [0.25, 0.3) is 0 Å². The van der Waals surface area contributed by atoms with Crippen molar-refractivity contribution in [2.45, 2.75) is 19.9 Å². The van der Waals surface area contributed by atoms with Crippen LogP contribution in [-0.4, -0.2) is 35.2 Å². The van der Waals surface area contributed by atoms with E-state index in [9.17, 15) is 24.5 Å². The maximum atomic E-state index is 12.2. The molecular formula is C13H14N2O6. The molecule has 0 radical (unpaired) electrons. The quantitative estimate of drug-likeness (QED) is 0.360. The molecule has 0 aliphatic heterocycles. The second kappa shape index (κ2) is 7.13. The third-order valence-corrected chi connectivity index (χ3v) is 2.51. The number of hydrogen-bond acceptors (Lipinski definition) is 6. The molecule has 0 unspecified atom stereocenters. The van der Waals surface area contributed by atoms with E-state index in [0.29, 0.717) is 0 Å². The summed E-state index contributed by atoms with van der Waals surface area (Å²) in [5, 5.41) is 12.9. The number of nitro groups is 1. The van der Waals surface area contributed by atoms with Crippen molar-refractivity contribution in [1.29, 1.82) is 0 Å². The van der Waals surface area contributed by atoms with Crippen LogP contribution in [0.1, 0.15) is 24.2 Å². The predicted octanol–water partition coefficient (Wildman–Crippen LogP) is 0.845. The van der Waals surface area contributed by atoms with Gasteiger partial charge in [0.05, 0.1) is 4.92 Å². The highest BCUT2D eigenvalue weighted by Crippen LogP contribution is 2.13. The Kier molecular flexibility index (Phi) is 5.53. The molecule has 0 heterocycles. The van der Waals surface area contributed by atoms with Gasteiger partial charge in [0.1, 0.15) is 12.6 Å². The van der Waals surface area contributed by atoms with Gasteiger partial charge in [-0.15, -0.1) is 0 Å². The summed E-state index contributed by atoms with van der Waals surface area (Å²) in [4.78, 5) is 44.0. The normalized spacial score (nSPS) is 11.3. The number of Topliss-reactive ketones (excluding diaryl/α,β-unsaturated/α-hetero) is 1. The minimum atomic E-state index is -1.03. The molecular weight excluding hydrogens is 280 g/mol. The molecule has 1 atom stereocenters. The van der Waals surface area contributed by atoms with Gasteiger partial charge in [0, 0.05) is 31.5 Å². The average molecular weight is 294 g/mol. The Bertz CT molecular complexity index is 567. The monoisotopic (exact) mass is 294 g/mol. The molecule has 1 amide bonds. The summed E-state index contributed by atoms with van der Waals surface area (Å²) in [5.74, 6) is -1.54. The molecule has 112 valence electrons. The highest BCUT2D eigenvalue weighted by atomic mass is 16.6. The summed E-state index contributed by atoms with van der Waals surface area (Å²) in [6.07, 6.45) is 0. The lowest BCUT2D eigenvalue weighted by molar-refractivity contribution is -0.384. The van der Waals surface area contributed by atoms with Gasteiger partial charge in [-0.05, 0) is 12.1 Å². The summed E-state index contributed by atoms with van der Waals surface area (Å²) in [6, 6.07) is 3.90. The van der Waals surface area contributed by atoms with Gasteiger partial charge in [-0.1, -0.05) is 0 Å². The Morgan fingerprint density at radius 1 is 1.24 bits per heavy atom. The molecule has 8 nitrogen and oxygen atoms in total. The molecule has 0 aliphatic rings. The van der Waals surface area contributed by atoms with Crippen molar-refractivity contribution in [1.82, 2.24) is 5.32 Å². The molecule has 0 bridgehead atoms. The Labute approximate surface area is 120 Å². The molecule has 0 saturated carbocycles. The minimum Gasteiger partial charge on any atom is -0.463 e. The average Bonchev–Trinajstić information content (AvgIpc) is 2.42. The number of rotatable bonds is 6. The maximum Gasteiger partial charge on any atom is 0.302 e. The largest absolute Gasteiger partial charge is 0.463 e. The van der Waals surface area contributed by atoms with E-state index in [2.05, 4.69) is 5.32 Å². The fraction of sp³-hybridized carbons (Fsp3) is 0.308. The number of benzene rings is 1. The highest BCUT2D eigenvalue weighted by Gasteiger charge is 2.22. The van der Waals surface area contributed by atoms with E-state index in [1.165, 1.54) is 38.1 Å². The first kappa shape index (κ1) is 16.3. The first-order chi connectivity index (χ1) is 9.81. The van der Waals surface area contributed by atoms with Crippen molar-refractivity contribution < 1.29 is 24.0 Å². The van der Waals surface area contributed by atoms with E-state index >= 15 is 0 Å². The summed E-state index contributed by atoms with van der Waals surface area (Å²) in [5.41, 5.74) is 0.0223. The van der Waals surface area contributed by atoms with E-state index in [4.69, 9.17) is 4.74 Å². The third-order valence-electron chi connectivity index (χ3n) is 2.51. The van der Waals surface area contributed by atoms with E-state index in [0.717, 1.165) is 0 Å². The number of nitrogens with zero attached hydrogens (tertiary/aromatic N) is 1. The number of non-ortho nitro benzene ring substituents is 1. The summed E-state index contributed by atoms with van der Waals surface area (Å²) in [7, 11) is 0. The van der Waals surface area contributed by atoms with Crippen LogP contribution < -0.4 is 5.32 Å². The molecule has 0 fully saturated rings.